The molecular formula is C19H22N2O2S. The first-order chi connectivity index (χ1) is 11.6. The van der Waals surface area contributed by atoms with Gasteiger partial charge < -0.3 is 4.90 Å². The zero-order valence-corrected chi connectivity index (χ0v) is 14.7. The van der Waals surface area contributed by atoms with Crippen LogP contribution in [0.15, 0.2) is 36.0 Å². The molecule has 0 atom stereocenters. The number of carbonyl (C=O) groups excluding carboxylic acids is 2. The van der Waals surface area contributed by atoms with E-state index in [-0.39, 0.29) is 17.7 Å². The Hall–Kier alpha value is -2.01. The molecule has 0 radical (unpaired) electrons. The molecule has 5 heteroatoms. The number of rotatable bonds is 5. The monoisotopic (exact) mass is 342 g/mol. The molecule has 1 fully saturated rings. The number of Topliss-reactive ketones (excluding diaryl/α,β-unsaturated/α-hetero) is 1. The first-order valence-electron chi connectivity index (χ1n) is 8.44. The van der Waals surface area contributed by atoms with Crippen molar-refractivity contribution in [3.05, 3.63) is 52.0 Å². The van der Waals surface area contributed by atoms with Crippen molar-refractivity contribution >= 4 is 23.0 Å². The predicted octanol–water partition coefficient (Wildman–Crippen LogP) is 4.32. The van der Waals surface area contributed by atoms with E-state index in [0.717, 1.165) is 18.4 Å². The third-order valence-corrected chi connectivity index (χ3v) is 5.60. The maximum atomic E-state index is 13.1. The highest BCUT2D eigenvalue weighted by molar-refractivity contribution is 7.12. The number of nitrogens with zero attached hydrogens (tertiary/aromatic N) is 2. The fourth-order valence-electron chi connectivity index (χ4n) is 3.24. The Morgan fingerprint density at radius 2 is 1.92 bits per heavy atom. The van der Waals surface area contributed by atoms with E-state index < -0.39 is 0 Å². The Morgan fingerprint density at radius 3 is 2.54 bits per heavy atom. The largest absolute Gasteiger partial charge is 0.331 e. The summed E-state index contributed by atoms with van der Waals surface area (Å²) in [6.07, 6.45) is 9.23. The van der Waals surface area contributed by atoms with E-state index in [9.17, 15) is 9.59 Å². The highest BCUT2D eigenvalue weighted by atomic mass is 32.1. The van der Waals surface area contributed by atoms with Crippen LogP contribution < -0.4 is 0 Å². The van der Waals surface area contributed by atoms with E-state index >= 15 is 0 Å². The van der Waals surface area contributed by atoms with E-state index in [2.05, 4.69) is 4.98 Å². The third kappa shape index (κ3) is 3.90. The van der Waals surface area contributed by atoms with Crippen LogP contribution in [0.5, 0.6) is 0 Å². The van der Waals surface area contributed by atoms with E-state index in [4.69, 9.17) is 0 Å². The van der Waals surface area contributed by atoms with Crippen LogP contribution in [0.4, 0.5) is 0 Å². The summed E-state index contributed by atoms with van der Waals surface area (Å²) in [4.78, 5) is 31.3. The molecule has 0 bridgehead atoms. The van der Waals surface area contributed by atoms with Crippen LogP contribution in [0.3, 0.4) is 0 Å². The van der Waals surface area contributed by atoms with E-state index in [0.29, 0.717) is 17.0 Å². The SMILES string of the molecule is CC(=O)c1cc(C(=O)N(Cc2ccncc2)C2CCCCC2)cs1. The summed E-state index contributed by atoms with van der Waals surface area (Å²) in [5, 5.41) is 1.81. The Kier molecular flexibility index (Phi) is 5.41. The molecule has 1 amide bonds. The third-order valence-electron chi connectivity index (χ3n) is 4.57. The maximum absolute atomic E-state index is 13.1. The molecule has 2 aromatic rings. The molecule has 126 valence electrons. The smallest absolute Gasteiger partial charge is 0.255 e. The number of carbonyl (C=O) groups is 2. The van der Waals surface area contributed by atoms with Crippen molar-refractivity contribution in [2.24, 2.45) is 0 Å². The minimum Gasteiger partial charge on any atom is -0.331 e. The lowest BCUT2D eigenvalue weighted by atomic mass is 9.93. The van der Waals surface area contributed by atoms with Gasteiger partial charge in [0.25, 0.3) is 5.91 Å². The van der Waals surface area contributed by atoms with Crippen molar-refractivity contribution in [2.45, 2.75) is 51.6 Å². The van der Waals surface area contributed by atoms with Gasteiger partial charge in [0.1, 0.15) is 0 Å². The maximum Gasteiger partial charge on any atom is 0.255 e. The van der Waals surface area contributed by atoms with Crippen molar-refractivity contribution in [1.29, 1.82) is 0 Å². The summed E-state index contributed by atoms with van der Waals surface area (Å²) in [7, 11) is 0. The van der Waals surface area contributed by atoms with Gasteiger partial charge in [-0.3, -0.25) is 14.6 Å². The summed E-state index contributed by atoms with van der Waals surface area (Å²) >= 11 is 1.35. The molecule has 4 nitrogen and oxygen atoms in total. The first-order valence-corrected chi connectivity index (χ1v) is 9.32. The van der Waals surface area contributed by atoms with Gasteiger partial charge in [-0.05, 0) is 43.5 Å². The number of pyridine rings is 1. The quantitative estimate of drug-likeness (QED) is 0.760. The van der Waals surface area contributed by atoms with Gasteiger partial charge in [0.05, 0.1) is 10.4 Å². The van der Waals surface area contributed by atoms with Gasteiger partial charge in [-0.2, -0.15) is 0 Å². The number of amides is 1. The molecule has 0 unspecified atom stereocenters. The molecule has 0 saturated heterocycles. The van der Waals surface area contributed by atoms with Gasteiger partial charge in [0.2, 0.25) is 0 Å². The van der Waals surface area contributed by atoms with Crippen molar-refractivity contribution < 1.29 is 9.59 Å². The minimum atomic E-state index is 0.0115. The first kappa shape index (κ1) is 16.8. The Balaban J connectivity index is 1.84. The highest BCUT2D eigenvalue weighted by Crippen LogP contribution is 2.27. The second-order valence-corrected chi connectivity index (χ2v) is 7.25. The van der Waals surface area contributed by atoms with Gasteiger partial charge in [-0.15, -0.1) is 11.3 Å². The van der Waals surface area contributed by atoms with E-state index in [1.165, 1.54) is 37.5 Å². The molecule has 0 aromatic carbocycles. The van der Waals surface area contributed by atoms with E-state index in [1.54, 1.807) is 23.8 Å². The van der Waals surface area contributed by atoms with Crippen LogP contribution >= 0.6 is 11.3 Å². The fourth-order valence-corrected chi connectivity index (χ4v) is 4.03. The Bertz CT molecular complexity index is 705. The second-order valence-electron chi connectivity index (χ2n) is 6.34. The molecule has 1 aliphatic rings. The number of thiophene rings is 1. The molecule has 1 saturated carbocycles. The molecular weight excluding hydrogens is 320 g/mol. The van der Waals surface area contributed by atoms with Crippen molar-refractivity contribution in [1.82, 2.24) is 9.88 Å². The van der Waals surface area contributed by atoms with Crippen molar-refractivity contribution in [3.63, 3.8) is 0 Å². The second kappa shape index (κ2) is 7.71. The lowest BCUT2D eigenvalue weighted by Crippen LogP contribution is -2.40. The number of hydrogen-bond acceptors (Lipinski definition) is 4. The lowest BCUT2D eigenvalue weighted by Gasteiger charge is -2.34. The fraction of sp³-hybridized carbons (Fsp3) is 0.421. The Morgan fingerprint density at radius 1 is 1.21 bits per heavy atom. The van der Waals surface area contributed by atoms with Crippen LogP contribution in [0.1, 0.15) is 64.6 Å². The zero-order valence-electron chi connectivity index (χ0n) is 13.9. The lowest BCUT2D eigenvalue weighted by molar-refractivity contribution is 0.0614. The van der Waals surface area contributed by atoms with Crippen LogP contribution in [-0.4, -0.2) is 27.6 Å². The summed E-state index contributed by atoms with van der Waals surface area (Å²) < 4.78 is 0. The predicted molar refractivity (Wildman–Crippen MR) is 95.3 cm³/mol. The van der Waals surface area contributed by atoms with Gasteiger partial charge in [-0.1, -0.05) is 19.3 Å². The Labute approximate surface area is 146 Å². The van der Waals surface area contributed by atoms with E-state index in [1.807, 2.05) is 17.0 Å². The molecule has 3 rings (SSSR count). The van der Waals surface area contributed by atoms with Gasteiger partial charge in [0, 0.05) is 30.4 Å². The number of hydrogen-bond donors (Lipinski definition) is 0. The summed E-state index contributed by atoms with van der Waals surface area (Å²) in [6, 6.07) is 5.92. The van der Waals surface area contributed by atoms with Crippen LogP contribution in [-0.2, 0) is 6.54 Å². The van der Waals surface area contributed by atoms with Crippen LogP contribution in [0.25, 0.3) is 0 Å². The topological polar surface area (TPSA) is 50.3 Å². The van der Waals surface area contributed by atoms with Crippen molar-refractivity contribution in [2.75, 3.05) is 0 Å². The number of ketones is 1. The zero-order chi connectivity index (χ0) is 16.9. The standard InChI is InChI=1S/C19H22N2O2S/c1-14(22)18-11-16(13-24-18)19(23)21(17-5-3-2-4-6-17)12-15-7-9-20-10-8-15/h7-11,13,17H,2-6,12H2,1H3. The summed E-state index contributed by atoms with van der Waals surface area (Å²) in [5.74, 6) is 0.0415. The average molecular weight is 342 g/mol. The molecule has 0 aliphatic heterocycles. The molecule has 2 heterocycles. The van der Waals surface area contributed by atoms with Gasteiger partial charge >= 0.3 is 0 Å². The van der Waals surface area contributed by atoms with Crippen LogP contribution in [0.2, 0.25) is 0 Å². The molecule has 24 heavy (non-hydrogen) atoms. The molecule has 2 aromatic heterocycles. The summed E-state index contributed by atoms with van der Waals surface area (Å²) in [6.45, 7) is 2.13. The van der Waals surface area contributed by atoms with Crippen LogP contribution in [0, 0.1) is 0 Å². The van der Waals surface area contributed by atoms with Crippen molar-refractivity contribution in [3.8, 4) is 0 Å². The normalized spacial score (nSPS) is 15.2. The minimum absolute atomic E-state index is 0.0115. The molecule has 0 N–H and O–H groups in total. The summed E-state index contributed by atoms with van der Waals surface area (Å²) in [5.41, 5.74) is 1.72. The molecule has 0 spiro atoms. The molecule has 1 aliphatic carbocycles. The highest BCUT2D eigenvalue weighted by Gasteiger charge is 2.27. The van der Waals surface area contributed by atoms with Gasteiger partial charge in [-0.25, -0.2) is 0 Å². The average Bonchev–Trinajstić information content (AvgIpc) is 3.11. The van der Waals surface area contributed by atoms with Gasteiger partial charge in [0.15, 0.2) is 5.78 Å². The number of aromatic nitrogens is 1.